The van der Waals surface area contributed by atoms with Crippen molar-refractivity contribution in [1.29, 1.82) is 0 Å². The third-order valence-corrected chi connectivity index (χ3v) is 12.4. The van der Waals surface area contributed by atoms with Crippen molar-refractivity contribution in [3.63, 3.8) is 0 Å². The lowest BCUT2D eigenvalue weighted by Crippen LogP contribution is -2.44. The van der Waals surface area contributed by atoms with E-state index in [2.05, 4.69) is 247 Å². The molecule has 3 nitrogen and oxygen atoms in total. The third-order valence-electron chi connectivity index (χ3n) is 12.4. The molecule has 0 amide bonds. The number of fused-ring (bicyclic) bond motifs is 3. The second-order valence-corrected chi connectivity index (χ2v) is 15.9. The van der Waals surface area contributed by atoms with Gasteiger partial charge in [0.2, 0.25) is 0 Å². The number of aliphatic imine (C=N–C) groups is 1. The zero-order valence-electron chi connectivity index (χ0n) is 33.6. The molecule has 9 aromatic carbocycles. The summed E-state index contributed by atoms with van der Waals surface area (Å²) in [6.07, 6.45) is -0.456. The van der Waals surface area contributed by atoms with Crippen molar-refractivity contribution >= 4 is 5.84 Å². The highest BCUT2D eigenvalue weighted by Crippen LogP contribution is 2.58. The molecule has 61 heavy (non-hydrogen) atoms. The number of hydrogen-bond donors (Lipinski definition) is 2. The second kappa shape index (κ2) is 15.5. The van der Waals surface area contributed by atoms with Crippen molar-refractivity contribution in [3.8, 4) is 44.5 Å². The van der Waals surface area contributed by atoms with Crippen molar-refractivity contribution in [2.45, 2.75) is 17.7 Å². The Bertz CT molecular complexity index is 2900. The van der Waals surface area contributed by atoms with Crippen LogP contribution in [0.4, 0.5) is 0 Å². The molecule has 0 radical (unpaired) electrons. The predicted molar refractivity (Wildman–Crippen MR) is 251 cm³/mol. The molecule has 2 aliphatic rings. The van der Waals surface area contributed by atoms with Crippen LogP contribution in [-0.4, -0.2) is 5.84 Å². The van der Waals surface area contributed by atoms with Gasteiger partial charge in [-0.3, -0.25) is 5.32 Å². The minimum absolute atomic E-state index is 0.156. The van der Waals surface area contributed by atoms with E-state index in [4.69, 9.17) is 4.99 Å². The van der Waals surface area contributed by atoms with Gasteiger partial charge in [0, 0.05) is 5.56 Å². The third kappa shape index (κ3) is 6.48. The SMILES string of the molecule is c1ccc(-c2cc(-c3ccccc3)cc(C3N=C(c4ccc(-c5cccc6c5-c5ccccc5C6(c5ccccc5)c5ccccc5)cc4)NC(c4ccccc4)N3)c2)cc1. The lowest BCUT2D eigenvalue weighted by atomic mass is 9.67. The van der Waals surface area contributed by atoms with E-state index >= 15 is 0 Å². The molecule has 1 aliphatic carbocycles. The van der Waals surface area contributed by atoms with Crippen LogP contribution in [0.3, 0.4) is 0 Å². The first-order valence-corrected chi connectivity index (χ1v) is 21.1. The number of nitrogens with zero attached hydrogens (tertiary/aromatic N) is 1. The van der Waals surface area contributed by atoms with Crippen molar-refractivity contribution in [1.82, 2.24) is 10.6 Å². The Hall–Kier alpha value is -7.59. The largest absolute Gasteiger partial charge is 0.350 e. The molecule has 1 heterocycles. The van der Waals surface area contributed by atoms with Crippen LogP contribution >= 0.6 is 0 Å². The summed E-state index contributed by atoms with van der Waals surface area (Å²) in [7, 11) is 0. The van der Waals surface area contributed by atoms with Crippen LogP contribution in [0.25, 0.3) is 44.5 Å². The summed E-state index contributed by atoms with van der Waals surface area (Å²) in [6, 6.07) is 85.5. The molecule has 3 heteroatoms. The molecule has 0 saturated heterocycles. The molecule has 1 aliphatic heterocycles. The average molecular weight is 782 g/mol. The summed E-state index contributed by atoms with van der Waals surface area (Å²) in [5.41, 5.74) is 17.6. The van der Waals surface area contributed by atoms with E-state index in [-0.39, 0.29) is 12.3 Å². The van der Waals surface area contributed by atoms with Crippen LogP contribution in [0.1, 0.15) is 51.3 Å². The van der Waals surface area contributed by atoms with Gasteiger partial charge in [-0.1, -0.05) is 218 Å². The van der Waals surface area contributed by atoms with Crippen molar-refractivity contribution < 1.29 is 0 Å². The molecule has 9 aromatic rings. The molecule has 0 spiro atoms. The molecule has 0 saturated carbocycles. The van der Waals surface area contributed by atoms with Crippen molar-refractivity contribution in [2.75, 3.05) is 0 Å². The second-order valence-electron chi connectivity index (χ2n) is 15.9. The van der Waals surface area contributed by atoms with Gasteiger partial charge in [-0.05, 0) is 96.1 Å². The summed E-state index contributed by atoms with van der Waals surface area (Å²) in [5.74, 6) is 0.853. The average Bonchev–Trinajstić information content (AvgIpc) is 3.66. The Morgan fingerprint density at radius 3 is 1.46 bits per heavy atom. The zero-order chi connectivity index (χ0) is 40.6. The Labute approximate surface area is 357 Å². The van der Waals surface area contributed by atoms with Crippen LogP contribution in [0.15, 0.2) is 242 Å². The van der Waals surface area contributed by atoms with Crippen LogP contribution in [-0.2, 0) is 5.41 Å². The smallest absolute Gasteiger partial charge is 0.131 e. The van der Waals surface area contributed by atoms with Gasteiger partial charge in [-0.25, -0.2) is 4.99 Å². The van der Waals surface area contributed by atoms with Gasteiger partial charge in [0.1, 0.15) is 18.2 Å². The van der Waals surface area contributed by atoms with Crippen LogP contribution in [0.2, 0.25) is 0 Å². The maximum absolute atomic E-state index is 5.44. The number of rotatable bonds is 8. The fourth-order valence-corrected chi connectivity index (χ4v) is 9.64. The first-order valence-electron chi connectivity index (χ1n) is 21.1. The van der Waals surface area contributed by atoms with Gasteiger partial charge in [-0.2, -0.15) is 0 Å². The fraction of sp³-hybridized carbons (Fsp3) is 0.0517. The lowest BCUT2D eigenvalue weighted by molar-refractivity contribution is 0.409. The molecular formula is C58H43N3. The molecule has 0 fully saturated rings. The number of nitrogens with one attached hydrogen (secondary N) is 2. The first-order chi connectivity index (χ1) is 30.2. The molecular weight excluding hydrogens is 739 g/mol. The standard InChI is InChI=1S/C58H43N3/c1-6-19-40(20-7-1)45-37-46(41-21-8-2-9-22-41)39-47(38-45)57-60-55(43-23-10-3-11-24-43)59-56(61-57)44-35-33-42(34-36-44)50-30-18-32-53-54(50)51-29-16-17-31-52(51)58(53,48-25-12-4-13-26-48)49-27-14-5-15-28-49/h1-39,55,57,60H,(H,59,61). The highest BCUT2D eigenvalue weighted by Gasteiger charge is 2.46. The topological polar surface area (TPSA) is 36.4 Å². The normalized spacial score (nSPS) is 16.2. The summed E-state index contributed by atoms with van der Waals surface area (Å²) in [4.78, 5) is 5.44. The zero-order valence-corrected chi connectivity index (χ0v) is 33.6. The molecule has 11 rings (SSSR count). The highest BCUT2D eigenvalue weighted by atomic mass is 15.3. The highest BCUT2D eigenvalue weighted by molar-refractivity contribution is 6.01. The fourth-order valence-electron chi connectivity index (χ4n) is 9.64. The van der Waals surface area contributed by atoms with Crippen LogP contribution < -0.4 is 10.6 Å². The van der Waals surface area contributed by atoms with E-state index in [9.17, 15) is 0 Å². The number of benzene rings is 9. The molecule has 2 N–H and O–H groups in total. The number of amidine groups is 1. The summed E-state index contributed by atoms with van der Waals surface area (Å²) >= 11 is 0. The van der Waals surface area contributed by atoms with Gasteiger partial charge in [0.15, 0.2) is 0 Å². The van der Waals surface area contributed by atoms with Gasteiger partial charge in [0.05, 0.1) is 5.41 Å². The molecule has 0 aromatic heterocycles. The first kappa shape index (κ1) is 36.5. The molecule has 2 atom stereocenters. The van der Waals surface area contributed by atoms with E-state index in [0.29, 0.717) is 0 Å². The number of hydrogen-bond acceptors (Lipinski definition) is 3. The van der Waals surface area contributed by atoms with Gasteiger partial charge >= 0.3 is 0 Å². The summed E-state index contributed by atoms with van der Waals surface area (Å²) < 4.78 is 0. The lowest BCUT2D eigenvalue weighted by Gasteiger charge is -2.34. The molecule has 0 bridgehead atoms. The minimum atomic E-state index is -0.447. The maximum atomic E-state index is 5.44. The summed E-state index contributed by atoms with van der Waals surface area (Å²) in [6.45, 7) is 0. The van der Waals surface area contributed by atoms with Crippen molar-refractivity contribution in [3.05, 3.63) is 276 Å². The molecule has 290 valence electrons. The van der Waals surface area contributed by atoms with E-state index in [1.54, 1.807) is 0 Å². The van der Waals surface area contributed by atoms with Gasteiger partial charge in [0.25, 0.3) is 0 Å². The van der Waals surface area contributed by atoms with E-state index in [0.717, 1.165) is 33.7 Å². The van der Waals surface area contributed by atoms with Crippen LogP contribution in [0.5, 0.6) is 0 Å². The quantitative estimate of drug-likeness (QED) is 0.161. The summed E-state index contributed by atoms with van der Waals surface area (Å²) in [5, 5.41) is 7.63. The Balaban J connectivity index is 1.02. The molecule has 2 unspecified atom stereocenters. The Morgan fingerprint density at radius 1 is 0.361 bits per heavy atom. The van der Waals surface area contributed by atoms with Crippen LogP contribution in [0, 0.1) is 0 Å². The van der Waals surface area contributed by atoms with E-state index < -0.39 is 5.41 Å². The minimum Gasteiger partial charge on any atom is -0.350 e. The van der Waals surface area contributed by atoms with E-state index in [1.807, 2.05) is 0 Å². The van der Waals surface area contributed by atoms with Crippen molar-refractivity contribution in [2.24, 2.45) is 4.99 Å². The Kier molecular flexibility index (Phi) is 9.30. The maximum Gasteiger partial charge on any atom is 0.131 e. The monoisotopic (exact) mass is 781 g/mol. The van der Waals surface area contributed by atoms with Gasteiger partial charge in [-0.15, -0.1) is 0 Å². The predicted octanol–water partition coefficient (Wildman–Crippen LogP) is 13.4. The van der Waals surface area contributed by atoms with E-state index in [1.165, 1.54) is 55.6 Å². The van der Waals surface area contributed by atoms with Gasteiger partial charge < -0.3 is 5.32 Å². The Morgan fingerprint density at radius 2 is 0.852 bits per heavy atom.